The summed E-state index contributed by atoms with van der Waals surface area (Å²) in [6.45, 7) is 3.75. The second-order valence-electron chi connectivity index (χ2n) is 5.43. The van der Waals surface area contributed by atoms with Gasteiger partial charge >= 0.3 is 5.97 Å². The molecule has 1 aliphatic rings. The number of carbonyl (C=O) groups is 2. The number of amides is 1. The fourth-order valence-corrected chi connectivity index (χ4v) is 2.66. The maximum atomic E-state index is 12.1. The molecule has 0 bridgehead atoms. The molecule has 1 heterocycles. The fourth-order valence-electron chi connectivity index (χ4n) is 2.66. The van der Waals surface area contributed by atoms with Crippen molar-refractivity contribution in [1.82, 2.24) is 5.32 Å². The summed E-state index contributed by atoms with van der Waals surface area (Å²) >= 11 is 0. The quantitative estimate of drug-likeness (QED) is 0.833. The molecule has 1 unspecified atom stereocenters. The number of nitrogens with one attached hydrogen (secondary N) is 2. The number of piperidine rings is 1. The number of benzene rings is 1. The van der Waals surface area contributed by atoms with Gasteiger partial charge in [0.1, 0.15) is 0 Å². The highest BCUT2D eigenvalue weighted by Crippen LogP contribution is 2.21. The first-order valence-electron chi connectivity index (χ1n) is 7.30. The summed E-state index contributed by atoms with van der Waals surface area (Å²) in [6.07, 6.45) is 2.71. The second kappa shape index (κ2) is 7.22. The average Bonchev–Trinajstić information content (AvgIpc) is 2.49. The first-order valence-corrected chi connectivity index (χ1v) is 7.30. The highest BCUT2D eigenvalue weighted by Gasteiger charge is 2.18. The Morgan fingerprint density at radius 2 is 2.24 bits per heavy atom. The van der Waals surface area contributed by atoms with E-state index in [2.05, 4.69) is 10.6 Å². The van der Waals surface area contributed by atoms with Gasteiger partial charge in [0.05, 0.1) is 12.7 Å². The van der Waals surface area contributed by atoms with E-state index in [1.54, 1.807) is 18.2 Å². The molecule has 0 aliphatic carbocycles. The van der Waals surface area contributed by atoms with E-state index in [9.17, 15) is 9.59 Å². The number of anilines is 1. The van der Waals surface area contributed by atoms with Crippen LogP contribution in [-0.4, -0.2) is 32.1 Å². The van der Waals surface area contributed by atoms with Crippen LogP contribution in [0.5, 0.6) is 0 Å². The molecule has 114 valence electrons. The van der Waals surface area contributed by atoms with Gasteiger partial charge in [-0.25, -0.2) is 4.79 Å². The molecule has 1 aromatic carbocycles. The third-order valence-electron chi connectivity index (χ3n) is 3.89. The highest BCUT2D eigenvalue weighted by molar-refractivity contribution is 5.96. The van der Waals surface area contributed by atoms with Crippen LogP contribution in [0.4, 0.5) is 5.69 Å². The topological polar surface area (TPSA) is 67.4 Å². The smallest absolute Gasteiger partial charge is 0.338 e. The Morgan fingerprint density at radius 3 is 2.90 bits per heavy atom. The van der Waals surface area contributed by atoms with Crippen molar-refractivity contribution in [3.05, 3.63) is 29.3 Å². The molecular formula is C16H22N2O3. The SMILES string of the molecule is COC(=O)c1cccc(NC(=O)CC2CCCNC2)c1C. The maximum Gasteiger partial charge on any atom is 0.338 e. The third-order valence-corrected chi connectivity index (χ3v) is 3.89. The van der Waals surface area contributed by atoms with Crippen molar-refractivity contribution in [3.63, 3.8) is 0 Å². The zero-order valence-electron chi connectivity index (χ0n) is 12.6. The second-order valence-corrected chi connectivity index (χ2v) is 5.43. The lowest BCUT2D eigenvalue weighted by atomic mass is 9.96. The van der Waals surface area contributed by atoms with E-state index >= 15 is 0 Å². The molecule has 5 nitrogen and oxygen atoms in total. The van der Waals surface area contributed by atoms with Gasteiger partial charge in [0.25, 0.3) is 0 Å². The number of carbonyl (C=O) groups excluding carboxylic acids is 2. The summed E-state index contributed by atoms with van der Waals surface area (Å²) < 4.78 is 4.74. The van der Waals surface area contributed by atoms with Gasteiger partial charge in [0, 0.05) is 12.1 Å². The van der Waals surface area contributed by atoms with Crippen LogP contribution in [0.15, 0.2) is 18.2 Å². The first kappa shape index (κ1) is 15.5. The number of methoxy groups -OCH3 is 1. The van der Waals surface area contributed by atoms with Crippen molar-refractivity contribution in [2.45, 2.75) is 26.2 Å². The number of ether oxygens (including phenoxy) is 1. The predicted molar refractivity (Wildman–Crippen MR) is 81.4 cm³/mol. The molecule has 2 N–H and O–H groups in total. The zero-order valence-corrected chi connectivity index (χ0v) is 12.6. The number of hydrogen-bond acceptors (Lipinski definition) is 4. The largest absolute Gasteiger partial charge is 0.465 e. The van der Waals surface area contributed by atoms with Crippen molar-refractivity contribution < 1.29 is 14.3 Å². The number of hydrogen-bond donors (Lipinski definition) is 2. The minimum absolute atomic E-state index is 0.00573. The molecule has 2 rings (SSSR count). The molecule has 1 atom stereocenters. The van der Waals surface area contributed by atoms with E-state index in [0.717, 1.165) is 31.5 Å². The molecule has 0 aromatic heterocycles. The van der Waals surface area contributed by atoms with Crippen LogP contribution in [0, 0.1) is 12.8 Å². The summed E-state index contributed by atoms with van der Waals surface area (Å²) in [5.41, 5.74) is 1.89. The Morgan fingerprint density at radius 1 is 1.43 bits per heavy atom. The van der Waals surface area contributed by atoms with Crippen molar-refractivity contribution in [1.29, 1.82) is 0 Å². The molecule has 1 aromatic rings. The minimum Gasteiger partial charge on any atom is -0.465 e. The molecule has 1 saturated heterocycles. The van der Waals surface area contributed by atoms with Gasteiger partial charge in [0.15, 0.2) is 0 Å². The summed E-state index contributed by atoms with van der Waals surface area (Å²) in [5.74, 6) is -0.00302. The lowest BCUT2D eigenvalue weighted by Crippen LogP contribution is -2.32. The molecular weight excluding hydrogens is 268 g/mol. The normalized spacial score (nSPS) is 18.1. The Kier molecular flexibility index (Phi) is 5.33. The van der Waals surface area contributed by atoms with Crippen LogP contribution in [0.2, 0.25) is 0 Å². The van der Waals surface area contributed by atoms with Gasteiger partial charge in [-0.15, -0.1) is 0 Å². The van der Waals surface area contributed by atoms with Gasteiger partial charge in [0.2, 0.25) is 5.91 Å². The van der Waals surface area contributed by atoms with E-state index in [-0.39, 0.29) is 11.9 Å². The molecule has 1 fully saturated rings. The highest BCUT2D eigenvalue weighted by atomic mass is 16.5. The lowest BCUT2D eigenvalue weighted by molar-refractivity contribution is -0.117. The van der Waals surface area contributed by atoms with Crippen LogP contribution in [0.25, 0.3) is 0 Å². The van der Waals surface area contributed by atoms with Crippen LogP contribution >= 0.6 is 0 Å². The average molecular weight is 290 g/mol. The molecule has 5 heteroatoms. The van der Waals surface area contributed by atoms with Gasteiger partial charge in [-0.3, -0.25) is 4.79 Å². The first-order chi connectivity index (χ1) is 10.1. The summed E-state index contributed by atoms with van der Waals surface area (Å²) in [5, 5.41) is 6.21. The van der Waals surface area contributed by atoms with Crippen molar-refractivity contribution in [2.75, 3.05) is 25.5 Å². The fraction of sp³-hybridized carbons (Fsp3) is 0.500. The van der Waals surface area contributed by atoms with E-state index < -0.39 is 0 Å². The Balaban J connectivity index is 2.01. The number of esters is 1. The van der Waals surface area contributed by atoms with Crippen LogP contribution < -0.4 is 10.6 Å². The van der Waals surface area contributed by atoms with E-state index in [1.807, 2.05) is 6.92 Å². The zero-order chi connectivity index (χ0) is 15.2. The summed E-state index contributed by atoms with van der Waals surface area (Å²) in [4.78, 5) is 23.8. The number of rotatable bonds is 4. The Hall–Kier alpha value is -1.88. The summed E-state index contributed by atoms with van der Waals surface area (Å²) in [7, 11) is 1.35. The monoisotopic (exact) mass is 290 g/mol. The molecule has 21 heavy (non-hydrogen) atoms. The van der Waals surface area contributed by atoms with Crippen LogP contribution in [0.3, 0.4) is 0 Å². The molecule has 0 radical (unpaired) electrons. The summed E-state index contributed by atoms with van der Waals surface area (Å²) in [6, 6.07) is 5.25. The van der Waals surface area contributed by atoms with E-state index in [0.29, 0.717) is 23.6 Å². The standard InChI is InChI=1S/C16H22N2O3/c1-11-13(16(20)21-2)6-3-7-14(11)18-15(19)9-12-5-4-8-17-10-12/h3,6-7,12,17H,4-5,8-10H2,1-2H3,(H,18,19). The lowest BCUT2D eigenvalue weighted by Gasteiger charge is -2.22. The van der Waals surface area contributed by atoms with Crippen molar-refractivity contribution in [3.8, 4) is 0 Å². The third kappa shape index (κ3) is 4.04. The molecule has 0 spiro atoms. The van der Waals surface area contributed by atoms with E-state index in [4.69, 9.17) is 4.74 Å². The van der Waals surface area contributed by atoms with Gasteiger partial charge < -0.3 is 15.4 Å². The van der Waals surface area contributed by atoms with Gasteiger partial charge in [-0.05, 0) is 56.5 Å². The maximum absolute atomic E-state index is 12.1. The molecule has 1 amide bonds. The molecule has 1 aliphatic heterocycles. The minimum atomic E-state index is -0.389. The van der Waals surface area contributed by atoms with Crippen molar-refractivity contribution in [2.24, 2.45) is 5.92 Å². The van der Waals surface area contributed by atoms with Gasteiger partial charge in [-0.1, -0.05) is 6.07 Å². The Labute approximate surface area is 125 Å². The molecule has 0 saturated carbocycles. The van der Waals surface area contributed by atoms with E-state index in [1.165, 1.54) is 7.11 Å². The Bertz CT molecular complexity index is 522. The van der Waals surface area contributed by atoms with Crippen molar-refractivity contribution >= 4 is 17.6 Å². The van der Waals surface area contributed by atoms with Gasteiger partial charge in [-0.2, -0.15) is 0 Å². The van der Waals surface area contributed by atoms with Crippen LogP contribution in [0.1, 0.15) is 35.2 Å². The van der Waals surface area contributed by atoms with Crippen LogP contribution in [-0.2, 0) is 9.53 Å². The predicted octanol–water partition coefficient (Wildman–Crippen LogP) is 2.11.